The number of rotatable bonds is 11. The van der Waals surface area contributed by atoms with Crippen LogP contribution in [-0.4, -0.2) is 57.3 Å². The van der Waals surface area contributed by atoms with E-state index in [4.69, 9.17) is 9.47 Å². The number of carbonyl (C=O) groups excluding carboxylic acids is 1. The summed E-state index contributed by atoms with van der Waals surface area (Å²) in [5.74, 6) is 0.0110. The van der Waals surface area contributed by atoms with Crippen molar-refractivity contribution in [1.29, 1.82) is 0 Å². The third-order valence-corrected chi connectivity index (χ3v) is 7.98. The number of phenolic OH excluding ortho intramolecular Hbond substituents is 1. The summed E-state index contributed by atoms with van der Waals surface area (Å²) in [6.45, 7) is -0.412. The predicted octanol–water partition coefficient (Wildman–Crippen LogP) is 3.95. The fourth-order valence-electron chi connectivity index (χ4n) is 4.09. The first-order chi connectivity index (χ1) is 18.8. The quantitative estimate of drug-likeness (QED) is 0.217. The summed E-state index contributed by atoms with van der Waals surface area (Å²) < 4.78 is 38.8. The zero-order valence-corrected chi connectivity index (χ0v) is 22.4. The molecule has 0 unspecified atom stereocenters. The average molecular weight is 548 g/mol. The largest absolute Gasteiger partial charge is 0.507 e. The van der Waals surface area contributed by atoms with Crippen molar-refractivity contribution < 1.29 is 27.8 Å². The Labute approximate surface area is 227 Å². The molecule has 39 heavy (non-hydrogen) atoms. The minimum Gasteiger partial charge on any atom is -0.507 e. The Hall–Kier alpha value is -4.41. The second kappa shape index (κ2) is 12.4. The van der Waals surface area contributed by atoms with Crippen molar-refractivity contribution >= 4 is 32.9 Å². The molecule has 0 radical (unpaired) electrons. The number of hydrazone groups is 1. The summed E-state index contributed by atoms with van der Waals surface area (Å²) in [6, 6.07) is 24.4. The lowest BCUT2D eigenvalue weighted by Crippen LogP contribution is -2.40. The molecule has 0 spiro atoms. The molecule has 0 fully saturated rings. The van der Waals surface area contributed by atoms with Gasteiger partial charge in [-0.3, -0.25) is 4.79 Å². The van der Waals surface area contributed by atoms with Crippen molar-refractivity contribution in [3.8, 4) is 17.2 Å². The number of nitrogens with zero attached hydrogens (tertiary/aromatic N) is 2. The van der Waals surface area contributed by atoms with Crippen LogP contribution in [0.5, 0.6) is 17.2 Å². The van der Waals surface area contributed by atoms with Crippen LogP contribution in [0.1, 0.15) is 11.1 Å². The molecule has 202 valence electrons. The van der Waals surface area contributed by atoms with Crippen LogP contribution >= 0.6 is 0 Å². The molecule has 2 N–H and O–H groups in total. The molecule has 0 aromatic heterocycles. The van der Waals surface area contributed by atoms with Gasteiger partial charge in [0.05, 0.1) is 31.9 Å². The molecule has 0 heterocycles. The van der Waals surface area contributed by atoms with Crippen molar-refractivity contribution in [2.24, 2.45) is 5.10 Å². The van der Waals surface area contributed by atoms with Gasteiger partial charge in [-0.15, -0.1) is 0 Å². The van der Waals surface area contributed by atoms with Gasteiger partial charge in [-0.2, -0.15) is 9.41 Å². The van der Waals surface area contributed by atoms with Gasteiger partial charge in [0.2, 0.25) is 10.0 Å². The number of hydrogen-bond donors (Lipinski definition) is 2. The van der Waals surface area contributed by atoms with E-state index in [2.05, 4.69) is 10.5 Å². The lowest BCUT2D eigenvalue weighted by molar-refractivity contribution is -0.121. The summed E-state index contributed by atoms with van der Waals surface area (Å²) in [6.07, 6.45) is 1.74. The molecule has 0 saturated heterocycles. The number of methoxy groups -OCH3 is 2. The third-order valence-electron chi connectivity index (χ3n) is 6.14. The number of sulfonamides is 1. The van der Waals surface area contributed by atoms with E-state index in [-0.39, 0.29) is 22.9 Å². The standard InChI is InChI=1S/C29H29N3O6S/c1-37-27-15-13-23(18-28(27)38-2)39(35,36)32(17-16-21-8-4-3-5-9-21)20-29(34)31-30-19-25-24-11-7-6-10-22(24)12-14-26(25)33/h3-15,18-19,33H,16-17,20H2,1-2H3,(H,31,34)/b30-19+. The van der Waals surface area contributed by atoms with Crippen LogP contribution in [0.3, 0.4) is 0 Å². The molecule has 0 aliphatic carbocycles. The fraction of sp³-hybridized carbons (Fsp3) is 0.172. The maximum absolute atomic E-state index is 13.6. The highest BCUT2D eigenvalue weighted by molar-refractivity contribution is 7.89. The number of benzene rings is 4. The molecular formula is C29H29N3O6S. The number of nitrogens with one attached hydrogen (secondary N) is 1. The molecule has 0 atom stereocenters. The summed E-state index contributed by atoms with van der Waals surface area (Å²) in [5.41, 5.74) is 3.75. The molecular weight excluding hydrogens is 518 g/mol. The molecule has 4 rings (SSSR count). The van der Waals surface area contributed by atoms with Crippen molar-refractivity contribution in [2.45, 2.75) is 11.3 Å². The molecule has 0 saturated carbocycles. The SMILES string of the molecule is COc1ccc(S(=O)(=O)N(CCc2ccccc2)CC(=O)N/N=C/c2c(O)ccc3ccccc23)cc1OC. The van der Waals surface area contributed by atoms with Gasteiger partial charge >= 0.3 is 0 Å². The van der Waals surface area contributed by atoms with E-state index in [0.29, 0.717) is 17.7 Å². The second-order valence-electron chi connectivity index (χ2n) is 8.60. The zero-order valence-electron chi connectivity index (χ0n) is 21.6. The number of aromatic hydroxyl groups is 1. The predicted molar refractivity (Wildman–Crippen MR) is 150 cm³/mol. The van der Waals surface area contributed by atoms with Gasteiger partial charge in [0.15, 0.2) is 11.5 Å². The molecule has 4 aromatic rings. The smallest absolute Gasteiger partial charge is 0.255 e. The van der Waals surface area contributed by atoms with E-state index < -0.39 is 22.5 Å². The second-order valence-corrected chi connectivity index (χ2v) is 10.5. The number of fused-ring (bicyclic) bond motifs is 1. The average Bonchev–Trinajstić information content (AvgIpc) is 2.96. The fourth-order valence-corrected chi connectivity index (χ4v) is 5.51. The maximum atomic E-state index is 13.6. The highest BCUT2D eigenvalue weighted by Crippen LogP contribution is 2.31. The highest BCUT2D eigenvalue weighted by Gasteiger charge is 2.27. The van der Waals surface area contributed by atoms with Gasteiger partial charge in [-0.1, -0.05) is 60.7 Å². The molecule has 0 aliphatic heterocycles. The van der Waals surface area contributed by atoms with Gasteiger partial charge in [-0.05, 0) is 41.0 Å². The lowest BCUT2D eigenvalue weighted by atomic mass is 10.0. The first-order valence-corrected chi connectivity index (χ1v) is 13.6. The van der Waals surface area contributed by atoms with Gasteiger partial charge in [0.1, 0.15) is 5.75 Å². The van der Waals surface area contributed by atoms with Gasteiger partial charge in [0.25, 0.3) is 5.91 Å². The van der Waals surface area contributed by atoms with Crippen LogP contribution in [0.2, 0.25) is 0 Å². The third kappa shape index (κ3) is 6.54. The van der Waals surface area contributed by atoms with Crippen LogP contribution in [0.4, 0.5) is 0 Å². The number of phenols is 1. The molecule has 4 aromatic carbocycles. The normalized spacial score (nSPS) is 11.7. The molecule has 0 bridgehead atoms. The van der Waals surface area contributed by atoms with Crippen molar-refractivity contribution in [1.82, 2.24) is 9.73 Å². The van der Waals surface area contributed by atoms with Gasteiger partial charge in [-0.25, -0.2) is 13.8 Å². The van der Waals surface area contributed by atoms with E-state index in [0.717, 1.165) is 20.6 Å². The van der Waals surface area contributed by atoms with Crippen LogP contribution < -0.4 is 14.9 Å². The van der Waals surface area contributed by atoms with E-state index in [1.807, 2.05) is 54.6 Å². The summed E-state index contributed by atoms with van der Waals surface area (Å²) in [4.78, 5) is 12.8. The minimum absolute atomic E-state index is 0.00668. The van der Waals surface area contributed by atoms with E-state index in [1.165, 1.54) is 38.6 Å². The van der Waals surface area contributed by atoms with Crippen molar-refractivity contribution in [3.05, 3.63) is 96.1 Å². The van der Waals surface area contributed by atoms with Crippen LogP contribution in [0.25, 0.3) is 10.8 Å². The van der Waals surface area contributed by atoms with Gasteiger partial charge < -0.3 is 14.6 Å². The van der Waals surface area contributed by atoms with Gasteiger partial charge in [0, 0.05) is 18.2 Å². The zero-order chi connectivity index (χ0) is 27.8. The van der Waals surface area contributed by atoms with Crippen LogP contribution in [-0.2, 0) is 21.2 Å². The number of ether oxygens (including phenoxy) is 2. The lowest BCUT2D eigenvalue weighted by Gasteiger charge is -2.22. The Kier molecular flexibility index (Phi) is 8.80. The molecule has 10 heteroatoms. The number of amides is 1. The first-order valence-electron chi connectivity index (χ1n) is 12.1. The minimum atomic E-state index is -4.09. The summed E-state index contributed by atoms with van der Waals surface area (Å²) in [5, 5.41) is 15.9. The molecule has 1 amide bonds. The van der Waals surface area contributed by atoms with Crippen LogP contribution in [0.15, 0.2) is 94.9 Å². The summed E-state index contributed by atoms with van der Waals surface area (Å²) in [7, 11) is -1.21. The number of carbonyl (C=O) groups is 1. The monoisotopic (exact) mass is 547 g/mol. The van der Waals surface area contributed by atoms with Crippen LogP contribution in [0, 0.1) is 0 Å². The van der Waals surface area contributed by atoms with E-state index >= 15 is 0 Å². The van der Waals surface area contributed by atoms with E-state index in [1.54, 1.807) is 12.1 Å². The summed E-state index contributed by atoms with van der Waals surface area (Å²) >= 11 is 0. The first kappa shape index (κ1) is 27.6. The van der Waals surface area contributed by atoms with E-state index in [9.17, 15) is 18.3 Å². The Bertz CT molecular complexity index is 1590. The molecule has 9 nitrogen and oxygen atoms in total. The topological polar surface area (TPSA) is 118 Å². The Morgan fingerprint density at radius 1 is 0.949 bits per heavy atom. The number of hydrogen-bond acceptors (Lipinski definition) is 7. The highest BCUT2D eigenvalue weighted by atomic mass is 32.2. The van der Waals surface area contributed by atoms with Crippen molar-refractivity contribution in [2.75, 3.05) is 27.3 Å². The van der Waals surface area contributed by atoms with Crippen molar-refractivity contribution in [3.63, 3.8) is 0 Å². The Morgan fingerprint density at radius 3 is 2.41 bits per heavy atom. The maximum Gasteiger partial charge on any atom is 0.255 e. The molecule has 0 aliphatic rings. The Balaban J connectivity index is 1.56. The Morgan fingerprint density at radius 2 is 1.67 bits per heavy atom.